The van der Waals surface area contributed by atoms with E-state index >= 15 is 0 Å². The molecule has 0 aromatic rings. The van der Waals surface area contributed by atoms with Gasteiger partial charge in [0, 0.05) is 12.8 Å². The largest absolute Gasteiger partial charge is 0.456 e. The minimum atomic E-state index is -1.98. The van der Waals surface area contributed by atoms with Crippen LogP contribution < -0.4 is 0 Å². The van der Waals surface area contributed by atoms with Gasteiger partial charge in [-0.2, -0.15) is 0 Å². The first-order valence-corrected chi connectivity index (χ1v) is 6.12. The molecule has 4 atom stereocenters. The van der Waals surface area contributed by atoms with Crippen LogP contribution in [0.4, 0.5) is 0 Å². The SMILES string of the molecule is O=C1OC(C(O)CC(O)C(O)O)CN2C(=O)CCC12. The molecule has 2 aliphatic heterocycles. The number of esters is 1. The Labute approximate surface area is 109 Å². The summed E-state index contributed by atoms with van der Waals surface area (Å²) in [5.41, 5.74) is 0. The summed E-state index contributed by atoms with van der Waals surface area (Å²) >= 11 is 0. The smallest absolute Gasteiger partial charge is 0.329 e. The molecule has 1 amide bonds. The summed E-state index contributed by atoms with van der Waals surface area (Å²) in [5.74, 6) is -0.734. The van der Waals surface area contributed by atoms with Gasteiger partial charge in [-0.05, 0) is 6.42 Å². The standard InChI is InChI=1S/C11H17NO7/c13-6(3-7(14)10(16)17)8-4-12-5(11(18)19-8)1-2-9(12)15/h5-8,10,13-14,16-17H,1-4H2. The van der Waals surface area contributed by atoms with Crippen LogP contribution in [0, 0.1) is 0 Å². The normalized spacial score (nSPS) is 30.3. The summed E-state index contributed by atoms with van der Waals surface area (Å²) < 4.78 is 5.03. The second-order valence-corrected chi connectivity index (χ2v) is 4.86. The molecule has 2 aliphatic rings. The highest BCUT2D eigenvalue weighted by Crippen LogP contribution is 2.26. The fraction of sp³-hybridized carbons (Fsp3) is 0.818. The van der Waals surface area contributed by atoms with Crippen molar-refractivity contribution in [1.82, 2.24) is 4.90 Å². The maximum absolute atomic E-state index is 11.7. The monoisotopic (exact) mass is 275 g/mol. The van der Waals surface area contributed by atoms with Crippen LogP contribution in [0.5, 0.6) is 0 Å². The average Bonchev–Trinajstić information content (AvgIpc) is 2.71. The van der Waals surface area contributed by atoms with E-state index in [1.54, 1.807) is 0 Å². The molecule has 2 saturated heterocycles. The lowest BCUT2D eigenvalue weighted by Gasteiger charge is -2.36. The van der Waals surface area contributed by atoms with Crippen LogP contribution in [0.2, 0.25) is 0 Å². The lowest BCUT2D eigenvalue weighted by molar-refractivity contribution is -0.181. The number of hydrogen-bond acceptors (Lipinski definition) is 7. The molecule has 8 heteroatoms. The maximum atomic E-state index is 11.7. The van der Waals surface area contributed by atoms with Crippen molar-refractivity contribution in [2.24, 2.45) is 0 Å². The van der Waals surface area contributed by atoms with Gasteiger partial charge < -0.3 is 30.1 Å². The quantitative estimate of drug-likeness (QED) is 0.325. The van der Waals surface area contributed by atoms with Gasteiger partial charge in [-0.1, -0.05) is 0 Å². The summed E-state index contributed by atoms with van der Waals surface area (Å²) in [4.78, 5) is 24.6. The fourth-order valence-electron chi connectivity index (χ4n) is 2.39. The van der Waals surface area contributed by atoms with Gasteiger partial charge in [0.25, 0.3) is 0 Å². The zero-order chi connectivity index (χ0) is 14.2. The number of cyclic esters (lactones) is 1. The van der Waals surface area contributed by atoms with Crippen molar-refractivity contribution in [1.29, 1.82) is 0 Å². The summed E-state index contributed by atoms with van der Waals surface area (Å²) in [6.45, 7) is 0.0602. The van der Waals surface area contributed by atoms with Crippen molar-refractivity contribution in [3.63, 3.8) is 0 Å². The van der Waals surface area contributed by atoms with Gasteiger partial charge in [-0.3, -0.25) is 4.79 Å². The number of ether oxygens (including phenoxy) is 1. The van der Waals surface area contributed by atoms with E-state index in [2.05, 4.69) is 0 Å². The summed E-state index contributed by atoms with van der Waals surface area (Å²) in [6, 6.07) is -0.579. The Morgan fingerprint density at radius 3 is 2.58 bits per heavy atom. The Balaban J connectivity index is 1.98. The van der Waals surface area contributed by atoms with E-state index in [0.717, 1.165) is 0 Å². The number of aliphatic hydroxyl groups is 4. The molecular weight excluding hydrogens is 258 g/mol. The second kappa shape index (κ2) is 5.41. The predicted molar refractivity (Wildman–Crippen MR) is 59.5 cm³/mol. The third kappa shape index (κ3) is 2.86. The lowest BCUT2D eigenvalue weighted by Crippen LogP contribution is -2.55. The van der Waals surface area contributed by atoms with Gasteiger partial charge in [0.2, 0.25) is 5.91 Å². The molecular formula is C11H17NO7. The van der Waals surface area contributed by atoms with E-state index in [4.69, 9.17) is 14.9 Å². The third-order valence-corrected chi connectivity index (χ3v) is 3.50. The second-order valence-electron chi connectivity index (χ2n) is 4.86. The van der Waals surface area contributed by atoms with Gasteiger partial charge in [0.15, 0.2) is 6.29 Å². The van der Waals surface area contributed by atoms with Crippen molar-refractivity contribution in [3.8, 4) is 0 Å². The third-order valence-electron chi connectivity index (χ3n) is 3.50. The van der Waals surface area contributed by atoms with Crippen molar-refractivity contribution in [2.45, 2.75) is 49.9 Å². The number of aliphatic hydroxyl groups excluding tert-OH is 3. The first-order chi connectivity index (χ1) is 8.90. The number of fused-ring (bicyclic) bond motifs is 1. The molecule has 19 heavy (non-hydrogen) atoms. The number of amides is 1. The molecule has 2 heterocycles. The van der Waals surface area contributed by atoms with E-state index in [9.17, 15) is 19.8 Å². The highest BCUT2D eigenvalue weighted by molar-refractivity contribution is 5.89. The van der Waals surface area contributed by atoms with Crippen LogP contribution in [-0.2, 0) is 14.3 Å². The fourth-order valence-corrected chi connectivity index (χ4v) is 2.39. The highest BCUT2D eigenvalue weighted by Gasteiger charge is 2.45. The van der Waals surface area contributed by atoms with Gasteiger partial charge in [-0.15, -0.1) is 0 Å². The van der Waals surface area contributed by atoms with Crippen LogP contribution in [0.1, 0.15) is 19.3 Å². The Morgan fingerprint density at radius 1 is 1.26 bits per heavy atom. The van der Waals surface area contributed by atoms with E-state index in [0.29, 0.717) is 6.42 Å². The van der Waals surface area contributed by atoms with Gasteiger partial charge >= 0.3 is 5.97 Å². The zero-order valence-electron chi connectivity index (χ0n) is 10.2. The van der Waals surface area contributed by atoms with Crippen LogP contribution in [-0.4, -0.2) is 74.4 Å². The Bertz CT molecular complexity index is 372. The number of carbonyl (C=O) groups excluding carboxylic acids is 2. The van der Waals surface area contributed by atoms with Crippen LogP contribution in [0.25, 0.3) is 0 Å². The van der Waals surface area contributed by atoms with Crippen molar-refractivity contribution >= 4 is 11.9 Å². The molecule has 0 bridgehead atoms. The van der Waals surface area contributed by atoms with Crippen LogP contribution in [0.3, 0.4) is 0 Å². The molecule has 4 N–H and O–H groups in total. The topological polar surface area (TPSA) is 128 Å². The minimum absolute atomic E-state index is 0.0602. The molecule has 0 radical (unpaired) electrons. The molecule has 4 unspecified atom stereocenters. The minimum Gasteiger partial charge on any atom is -0.456 e. The van der Waals surface area contributed by atoms with E-state index < -0.39 is 36.6 Å². The molecule has 0 spiro atoms. The molecule has 0 aromatic heterocycles. The first-order valence-electron chi connectivity index (χ1n) is 6.12. The number of carbonyl (C=O) groups is 2. The molecule has 0 saturated carbocycles. The molecule has 0 aromatic carbocycles. The van der Waals surface area contributed by atoms with Gasteiger partial charge in [0.1, 0.15) is 18.2 Å². The van der Waals surface area contributed by atoms with E-state index in [1.807, 2.05) is 0 Å². The Morgan fingerprint density at radius 2 is 1.95 bits per heavy atom. The Kier molecular flexibility index (Phi) is 4.04. The summed E-state index contributed by atoms with van der Waals surface area (Å²) in [7, 11) is 0. The Hall–Kier alpha value is -1.22. The van der Waals surface area contributed by atoms with Crippen molar-refractivity contribution < 1.29 is 34.8 Å². The maximum Gasteiger partial charge on any atom is 0.329 e. The van der Waals surface area contributed by atoms with Crippen molar-refractivity contribution in [2.75, 3.05) is 6.54 Å². The lowest BCUT2D eigenvalue weighted by atomic mass is 10.0. The molecule has 108 valence electrons. The van der Waals surface area contributed by atoms with E-state index in [-0.39, 0.29) is 25.3 Å². The molecule has 8 nitrogen and oxygen atoms in total. The van der Waals surface area contributed by atoms with Gasteiger partial charge in [0.05, 0.1) is 12.6 Å². The molecule has 2 fully saturated rings. The van der Waals surface area contributed by atoms with Crippen LogP contribution in [0.15, 0.2) is 0 Å². The average molecular weight is 275 g/mol. The summed E-state index contributed by atoms with van der Waals surface area (Å²) in [5, 5.41) is 36.5. The zero-order valence-corrected chi connectivity index (χ0v) is 10.2. The first kappa shape index (κ1) is 14.2. The van der Waals surface area contributed by atoms with Crippen LogP contribution >= 0.6 is 0 Å². The molecule has 2 rings (SSSR count). The number of rotatable bonds is 4. The highest BCUT2D eigenvalue weighted by atomic mass is 16.6. The predicted octanol–water partition coefficient (Wildman–Crippen LogP) is -2.67. The molecule has 0 aliphatic carbocycles. The van der Waals surface area contributed by atoms with Gasteiger partial charge in [-0.25, -0.2) is 4.79 Å². The summed E-state index contributed by atoms with van der Waals surface area (Å²) in [6.07, 6.45) is -5.41. The number of nitrogens with zero attached hydrogens (tertiary/aromatic N) is 1. The number of morpholine rings is 1. The van der Waals surface area contributed by atoms with E-state index in [1.165, 1.54) is 4.90 Å². The number of hydrogen-bond donors (Lipinski definition) is 4. The van der Waals surface area contributed by atoms with Crippen molar-refractivity contribution in [3.05, 3.63) is 0 Å².